The summed E-state index contributed by atoms with van der Waals surface area (Å²) >= 11 is 11.9. The molecule has 0 aliphatic heterocycles. The lowest BCUT2D eigenvalue weighted by molar-refractivity contribution is -0.116. The Morgan fingerprint density at radius 2 is 1.72 bits per heavy atom. The molecule has 8 heteroatoms. The molecular formula is C24H19Cl2FN2O3. The molecule has 32 heavy (non-hydrogen) atoms. The molecule has 0 spiro atoms. The van der Waals surface area contributed by atoms with Gasteiger partial charge in [-0.25, -0.2) is 4.39 Å². The highest BCUT2D eigenvalue weighted by atomic mass is 35.5. The number of rotatable bonds is 8. The standard InChI is InChI=1S/C24H19Cl2FN2O3/c1-2-23(30)28-13-15-3-5-16(6-4-15)24(31)29-14-17-7-8-18(25)11-22(17)32-19-9-10-21(27)20(26)12-19/h2-12H,1,13-14H2,(H,28,30)(H,29,31). The molecule has 164 valence electrons. The first-order valence-electron chi connectivity index (χ1n) is 9.54. The summed E-state index contributed by atoms with van der Waals surface area (Å²) in [5, 5.41) is 5.88. The highest BCUT2D eigenvalue weighted by molar-refractivity contribution is 6.31. The van der Waals surface area contributed by atoms with Gasteiger partial charge in [0, 0.05) is 35.3 Å². The maximum atomic E-state index is 13.4. The Labute approximate surface area is 194 Å². The van der Waals surface area contributed by atoms with Crippen molar-refractivity contribution in [1.82, 2.24) is 10.6 Å². The third kappa shape index (κ3) is 6.33. The third-order valence-electron chi connectivity index (χ3n) is 4.46. The fourth-order valence-corrected chi connectivity index (χ4v) is 3.08. The summed E-state index contributed by atoms with van der Waals surface area (Å²) in [6, 6.07) is 15.9. The average molecular weight is 473 g/mol. The normalized spacial score (nSPS) is 10.3. The first-order chi connectivity index (χ1) is 15.4. The van der Waals surface area contributed by atoms with Crippen LogP contribution in [0.2, 0.25) is 10.0 Å². The molecule has 3 aromatic rings. The van der Waals surface area contributed by atoms with Crippen molar-refractivity contribution in [3.63, 3.8) is 0 Å². The van der Waals surface area contributed by atoms with Crippen LogP contribution in [0.15, 0.2) is 73.3 Å². The largest absolute Gasteiger partial charge is 0.457 e. The number of ether oxygens (including phenoxy) is 1. The monoisotopic (exact) mass is 472 g/mol. The third-order valence-corrected chi connectivity index (χ3v) is 4.98. The van der Waals surface area contributed by atoms with E-state index in [0.717, 1.165) is 5.56 Å². The number of carbonyl (C=O) groups excluding carboxylic acids is 2. The Balaban J connectivity index is 1.66. The van der Waals surface area contributed by atoms with Gasteiger partial charge in [-0.05, 0) is 48.0 Å². The molecule has 0 atom stereocenters. The Kier molecular flexibility index (Phi) is 7.87. The molecular weight excluding hydrogens is 454 g/mol. The van der Waals surface area contributed by atoms with Gasteiger partial charge in [0.05, 0.1) is 5.02 Å². The number of nitrogens with one attached hydrogen (secondary N) is 2. The van der Waals surface area contributed by atoms with Crippen molar-refractivity contribution in [3.05, 3.63) is 106 Å². The minimum absolute atomic E-state index is 0.0631. The quantitative estimate of drug-likeness (QED) is 0.415. The van der Waals surface area contributed by atoms with Crippen molar-refractivity contribution in [2.45, 2.75) is 13.1 Å². The molecule has 0 bridgehead atoms. The van der Waals surface area contributed by atoms with Gasteiger partial charge in [0.1, 0.15) is 17.3 Å². The molecule has 5 nitrogen and oxygen atoms in total. The van der Waals surface area contributed by atoms with Crippen molar-refractivity contribution in [3.8, 4) is 11.5 Å². The SMILES string of the molecule is C=CC(=O)NCc1ccc(C(=O)NCc2ccc(Cl)cc2Oc2ccc(F)c(Cl)c2)cc1. The van der Waals surface area contributed by atoms with Crippen LogP contribution < -0.4 is 15.4 Å². The highest BCUT2D eigenvalue weighted by Gasteiger charge is 2.11. The van der Waals surface area contributed by atoms with Gasteiger partial charge in [-0.3, -0.25) is 9.59 Å². The first-order valence-corrected chi connectivity index (χ1v) is 10.3. The molecule has 3 rings (SSSR count). The number of carbonyl (C=O) groups is 2. The summed E-state index contributed by atoms with van der Waals surface area (Å²) in [6.07, 6.45) is 1.20. The molecule has 0 aliphatic carbocycles. The van der Waals surface area contributed by atoms with E-state index in [9.17, 15) is 14.0 Å². The summed E-state index contributed by atoms with van der Waals surface area (Å²) in [4.78, 5) is 23.8. The smallest absolute Gasteiger partial charge is 0.251 e. The number of benzene rings is 3. The summed E-state index contributed by atoms with van der Waals surface area (Å²) in [6.45, 7) is 3.91. The molecule has 0 saturated heterocycles. The van der Waals surface area contributed by atoms with E-state index < -0.39 is 5.82 Å². The van der Waals surface area contributed by atoms with E-state index in [4.69, 9.17) is 27.9 Å². The number of amides is 2. The van der Waals surface area contributed by atoms with Crippen LogP contribution in [0.1, 0.15) is 21.5 Å². The van der Waals surface area contributed by atoms with Crippen LogP contribution in [0.25, 0.3) is 0 Å². The second kappa shape index (κ2) is 10.8. The maximum absolute atomic E-state index is 13.4. The van der Waals surface area contributed by atoms with E-state index in [0.29, 0.717) is 34.2 Å². The van der Waals surface area contributed by atoms with Gasteiger partial charge in [-0.2, -0.15) is 0 Å². The molecule has 0 heterocycles. The van der Waals surface area contributed by atoms with Gasteiger partial charge in [0.2, 0.25) is 5.91 Å². The minimum Gasteiger partial charge on any atom is -0.457 e. The van der Waals surface area contributed by atoms with Crippen LogP contribution in [0.4, 0.5) is 4.39 Å². The van der Waals surface area contributed by atoms with Crippen molar-refractivity contribution in [2.24, 2.45) is 0 Å². The van der Waals surface area contributed by atoms with Crippen LogP contribution >= 0.6 is 23.2 Å². The van der Waals surface area contributed by atoms with Crippen LogP contribution in [-0.4, -0.2) is 11.8 Å². The van der Waals surface area contributed by atoms with E-state index in [1.807, 2.05) is 0 Å². The minimum atomic E-state index is -0.549. The molecule has 2 amide bonds. The summed E-state index contributed by atoms with van der Waals surface area (Å²) in [5.41, 5.74) is 1.99. The average Bonchev–Trinajstić information content (AvgIpc) is 2.79. The zero-order valence-corrected chi connectivity index (χ0v) is 18.3. The topological polar surface area (TPSA) is 67.4 Å². The second-order valence-corrected chi connectivity index (χ2v) is 7.58. The van der Waals surface area contributed by atoms with Crippen molar-refractivity contribution >= 4 is 35.0 Å². The molecule has 3 aromatic carbocycles. The maximum Gasteiger partial charge on any atom is 0.251 e. The molecule has 0 unspecified atom stereocenters. The predicted octanol–water partition coefficient (Wildman–Crippen LogP) is 5.66. The Hall–Kier alpha value is -3.35. The van der Waals surface area contributed by atoms with E-state index in [2.05, 4.69) is 17.2 Å². The second-order valence-electron chi connectivity index (χ2n) is 6.73. The number of hydrogen-bond donors (Lipinski definition) is 2. The molecule has 0 fully saturated rings. The zero-order valence-electron chi connectivity index (χ0n) is 16.8. The van der Waals surface area contributed by atoms with Crippen LogP contribution in [0, 0.1) is 5.82 Å². The molecule has 0 aliphatic rings. The van der Waals surface area contributed by atoms with Gasteiger partial charge in [-0.15, -0.1) is 0 Å². The van der Waals surface area contributed by atoms with Gasteiger partial charge >= 0.3 is 0 Å². The van der Waals surface area contributed by atoms with E-state index in [-0.39, 0.29) is 23.4 Å². The lowest BCUT2D eigenvalue weighted by Gasteiger charge is -2.13. The van der Waals surface area contributed by atoms with Gasteiger partial charge in [-0.1, -0.05) is 48.0 Å². The first kappa shape index (κ1) is 23.3. The van der Waals surface area contributed by atoms with E-state index in [1.54, 1.807) is 42.5 Å². The number of halogens is 3. The van der Waals surface area contributed by atoms with Gasteiger partial charge in [0.15, 0.2) is 0 Å². The summed E-state index contributed by atoms with van der Waals surface area (Å²) < 4.78 is 19.2. The predicted molar refractivity (Wildman–Crippen MR) is 123 cm³/mol. The molecule has 0 aromatic heterocycles. The molecule has 0 saturated carbocycles. The van der Waals surface area contributed by atoms with E-state index in [1.165, 1.54) is 24.3 Å². The van der Waals surface area contributed by atoms with Crippen LogP contribution in [-0.2, 0) is 17.9 Å². The lowest BCUT2D eigenvalue weighted by atomic mass is 10.1. The van der Waals surface area contributed by atoms with Gasteiger partial charge in [0.25, 0.3) is 5.91 Å². The Bertz CT molecular complexity index is 1150. The van der Waals surface area contributed by atoms with E-state index >= 15 is 0 Å². The summed E-state index contributed by atoms with van der Waals surface area (Å²) in [7, 11) is 0. The van der Waals surface area contributed by atoms with Crippen molar-refractivity contribution in [2.75, 3.05) is 0 Å². The molecule has 2 N–H and O–H groups in total. The van der Waals surface area contributed by atoms with Gasteiger partial charge < -0.3 is 15.4 Å². The molecule has 0 radical (unpaired) electrons. The fraction of sp³-hybridized carbons (Fsp3) is 0.0833. The Morgan fingerprint density at radius 3 is 2.41 bits per heavy atom. The van der Waals surface area contributed by atoms with Crippen LogP contribution in [0.5, 0.6) is 11.5 Å². The highest BCUT2D eigenvalue weighted by Crippen LogP contribution is 2.30. The summed E-state index contributed by atoms with van der Waals surface area (Å²) in [5.74, 6) is -0.348. The zero-order chi connectivity index (χ0) is 23.1. The van der Waals surface area contributed by atoms with Crippen molar-refractivity contribution < 1.29 is 18.7 Å². The lowest BCUT2D eigenvalue weighted by Crippen LogP contribution is -2.23. The van der Waals surface area contributed by atoms with Crippen LogP contribution in [0.3, 0.4) is 0 Å². The Morgan fingerprint density at radius 1 is 0.969 bits per heavy atom. The fourth-order valence-electron chi connectivity index (χ4n) is 2.75. The van der Waals surface area contributed by atoms with Crippen molar-refractivity contribution in [1.29, 1.82) is 0 Å². The number of hydrogen-bond acceptors (Lipinski definition) is 3.